The van der Waals surface area contributed by atoms with Crippen molar-refractivity contribution in [1.82, 2.24) is 9.47 Å². The van der Waals surface area contributed by atoms with Crippen molar-refractivity contribution in [3.8, 4) is 0 Å². The molecule has 1 fully saturated rings. The molecule has 1 atom stereocenters. The van der Waals surface area contributed by atoms with Crippen molar-refractivity contribution in [2.45, 2.75) is 19.4 Å². The Bertz CT molecular complexity index is 1230. The summed E-state index contributed by atoms with van der Waals surface area (Å²) in [5.74, 6) is -0.511. The van der Waals surface area contributed by atoms with Crippen LogP contribution in [0.1, 0.15) is 28.9 Å². The number of para-hydroxylation sites is 1. The Morgan fingerprint density at radius 2 is 1.87 bits per heavy atom. The largest absolute Gasteiger partial charge is 0.366 e. The topological polar surface area (TPSA) is 45.6 Å². The number of nitrogens with zero attached hydrogens (tertiary/aromatic N) is 3. The van der Waals surface area contributed by atoms with Crippen LogP contribution >= 0.6 is 15.9 Å². The standard InChI is InChI=1S/C23H21BrFN3O2/c1-14-10-15-11-16(24)12-17-21(15)28(14)13-18(22(17)29)23(30)27-8-6-26(7-9-27)20-5-3-2-4-19(20)25/h2-5,11-14H,6-10H2,1H3. The summed E-state index contributed by atoms with van der Waals surface area (Å²) >= 11 is 3.49. The molecule has 0 radical (unpaired) electrons. The smallest absolute Gasteiger partial charge is 0.259 e. The number of piperazine rings is 1. The lowest BCUT2D eigenvalue weighted by atomic mass is 10.1. The van der Waals surface area contributed by atoms with Gasteiger partial charge in [-0.3, -0.25) is 9.59 Å². The average Bonchev–Trinajstić information content (AvgIpc) is 3.05. The molecule has 5 rings (SSSR count). The minimum atomic E-state index is -0.261. The van der Waals surface area contributed by atoms with Crippen LogP contribution < -0.4 is 10.3 Å². The fraction of sp³-hybridized carbons (Fsp3) is 0.304. The van der Waals surface area contributed by atoms with Crippen molar-refractivity contribution < 1.29 is 9.18 Å². The van der Waals surface area contributed by atoms with Gasteiger partial charge in [0.1, 0.15) is 11.4 Å². The molecule has 0 bridgehead atoms. The molecule has 2 aliphatic rings. The van der Waals surface area contributed by atoms with Crippen LogP contribution in [0.15, 0.2) is 51.9 Å². The molecule has 30 heavy (non-hydrogen) atoms. The molecule has 0 spiro atoms. The van der Waals surface area contributed by atoms with E-state index in [1.54, 1.807) is 23.2 Å². The molecule has 154 valence electrons. The van der Waals surface area contributed by atoms with Gasteiger partial charge in [-0.2, -0.15) is 0 Å². The van der Waals surface area contributed by atoms with E-state index in [4.69, 9.17) is 0 Å². The van der Waals surface area contributed by atoms with E-state index >= 15 is 0 Å². The average molecular weight is 470 g/mol. The highest BCUT2D eigenvalue weighted by Gasteiger charge is 2.29. The molecule has 0 saturated carbocycles. The van der Waals surface area contributed by atoms with Crippen molar-refractivity contribution in [2.75, 3.05) is 31.1 Å². The number of aromatic nitrogens is 1. The van der Waals surface area contributed by atoms with Crippen LogP contribution in [0.2, 0.25) is 0 Å². The van der Waals surface area contributed by atoms with Gasteiger partial charge in [0.2, 0.25) is 5.43 Å². The zero-order chi connectivity index (χ0) is 21.0. The summed E-state index contributed by atoms with van der Waals surface area (Å²) in [5, 5.41) is 0.583. The minimum absolute atomic E-state index is 0.196. The quantitative estimate of drug-likeness (QED) is 0.570. The Balaban J connectivity index is 1.45. The Labute approximate surface area is 181 Å². The van der Waals surface area contributed by atoms with E-state index < -0.39 is 0 Å². The number of halogens is 2. The molecule has 0 aliphatic carbocycles. The van der Waals surface area contributed by atoms with E-state index in [1.807, 2.05) is 23.1 Å². The van der Waals surface area contributed by atoms with Gasteiger partial charge in [0.25, 0.3) is 5.91 Å². The number of carbonyl (C=O) groups is 1. The molecule has 1 saturated heterocycles. The van der Waals surface area contributed by atoms with Gasteiger partial charge in [-0.05, 0) is 43.2 Å². The Morgan fingerprint density at radius 3 is 2.60 bits per heavy atom. The molecule has 1 amide bonds. The van der Waals surface area contributed by atoms with Gasteiger partial charge in [0.15, 0.2) is 0 Å². The van der Waals surface area contributed by atoms with E-state index in [1.165, 1.54) is 6.07 Å². The van der Waals surface area contributed by atoms with E-state index in [-0.39, 0.29) is 28.8 Å². The molecular weight excluding hydrogens is 449 g/mol. The predicted octanol–water partition coefficient (Wildman–Crippen LogP) is 3.98. The molecule has 1 aromatic heterocycles. The number of benzene rings is 2. The van der Waals surface area contributed by atoms with E-state index in [0.717, 1.165) is 22.0 Å². The zero-order valence-electron chi connectivity index (χ0n) is 16.6. The van der Waals surface area contributed by atoms with Crippen LogP contribution in [0, 0.1) is 5.82 Å². The summed E-state index contributed by atoms with van der Waals surface area (Å²) in [6, 6.07) is 10.7. The number of hydrogen-bond acceptors (Lipinski definition) is 3. The first-order valence-electron chi connectivity index (χ1n) is 10.1. The molecule has 0 N–H and O–H groups in total. The lowest BCUT2D eigenvalue weighted by Gasteiger charge is -2.36. The SMILES string of the molecule is CC1Cc2cc(Br)cc3c(=O)c(C(=O)N4CCN(c5ccccc5F)CC4)cn1c23. The fourth-order valence-electron chi connectivity index (χ4n) is 4.64. The fourth-order valence-corrected chi connectivity index (χ4v) is 5.15. The molecule has 1 unspecified atom stereocenters. The number of amides is 1. The van der Waals surface area contributed by atoms with Gasteiger partial charge in [-0.25, -0.2) is 4.39 Å². The zero-order valence-corrected chi connectivity index (χ0v) is 18.2. The maximum absolute atomic E-state index is 14.1. The molecule has 7 heteroatoms. The van der Waals surface area contributed by atoms with Crippen LogP contribution in [-0.4, -0.2) is 41.6 Å². The number of pyridine rings is 1. The molecule has 2 aliphatic heterocycles. The van der Waals surface area contributed by atoms with Crippen LogP contribution in [0.5, 0.6) is 0 Å². The second-order valence-electron chi connectivity index (χ2n) is 8.02. The number of hydrogen-bond donors (Lipinski definition) is 0. The normalized spacial score (nSPS) is 18.3. The maximum Gasteiger partial charge on any atom is 0.259 e. The first kappa shape index (κ1) is 19.3. The highest BCUT2D eigenvalue weighted by atomic mass is 79.9. The third-order valence-corrected chi connectivity index (χ3v) is 6.61. The number of carbonyl (C=O) groups excluding carboxylic acids is 1. The van der Waals surface area contributed by atoms with Gasteiger partial charge >= 0.3 is 0 Å². The van der Waals surface area contributed by atoms with Gasteiger partial charge in [-0.1, -0.05) is 28.1 Å². The molecular formula is C23H21BrFN3O2. The lowest BCUT2D eigenvalue weighted by molar-refractivity contribution is 0.0744. The highest BCUT2D eigenvalue weighted by molar-refractivity contribution is 9.10. The third-order valence-electron chi connectivity index (χ3n) is 6.15. The lowest BCUT2D eigenvalue weighted by Crippen LogP contribution is -2.49. The summed E-state index contributed by atoms with van der Waals surface area (Å²) in [6.07, 6.45) is 2.57. The van der Waals surface area contributed by atoms with Gasteiger partial charge in [0, 0.05) is 48.3 Å². The highest BCUT2D eigenvalue weighted by Crippen LogP contribution is 2.33. The second-order valence-corrected chi connectivity index (χ2v) is 8.94. The Morgan fingerprint density at radius 1 is 1.13 bits per heavy atom. The second kappa shape index (κ2) is 7.23. The first-order chi connectivity index (χ1) is 14.4. The van der Waals surface area contributed by atoms with E-state index in [2.05, 4.69) is 27.4 Å². The Hall–Kier alpha value is -2.67. The Kier molecular flexibility index (Phi) is 4.65. The number of anilines is 1. The summed E-state index contributed by atoms with van der Waals surface area (Å²) in [6.45, 7) is 4.05. The summed E-state index contributed by atoms with van der Waals surface area (Å²) in [4.78, 5) is 30.1. The van der Waals surface area contributed by atoms with Crippen LogP contribution in [0.3, 0.4) is 0 Å². The van der Waals surface area contributed by atoms with Crippen molar-refractivity contribution >= 4 is 38.4 Å². The van der Waals surface area contributed by atoms with E-state index in [0.29, 0.717) is 37.3 Å². The molecule has 2 aromatic carbocycles. The van der Waals surface area contributed by atoms with Crippen molar-refractivity contribution in [3.05, 3.63) is 74.2 Å². The minimum Gasteiger partial charge on any atom is -0.366 e. The van der Waals surface area contributed by atoms with Crippen molar-refractivity contribution in [1.29, 1.82) is 0 Å². The summed E-state index contributed by atoms with van der Waals surface area (Å²) in [7, 11) is 0. The molecule has 5 nitrogen and oxygen atoms in total. The van der Waals surface area contributed by atoms with Crippen LogP contribution in [0.25, 0.3) is 10.9 Å². The monoisotopic (exact) mass is 469 g/mol. The summed E-state index contributed by atoms with van der Waals surface area (Å²) < 4.78 is 17.0. The van der Waals surface area contributed by atoms with Crippen molar-refractivity contribution in [2.24, 2.45) is 0 Å². The predicted molar refractivity (Wildman–Crippen MR) is 119 cm³/mol. The van der Waals surface area contributed by atoms with Crippen LogP contribution in [-0.2, 0) is 6.42 Å². The van der Waals surface area contributed by atoms with Gasteiger partial charge in [-0.15, -0.1) is 0 Å². The first-order valence-corrected chi connectivity index (χ1v) is 10.9. The molecule has 3 aromatic rings. The maximum atomic E-state index is 14.1. The molecule has 3 heterocycles. The van der Waals surface area contributed by atoms with Gasteiger partial charge in [0.05, 0.1) is 11.2 Å². The van der Waals surface area contributed by atoms with Gasteiger partial charge < -0.3 is 14.4 Å². The van der Waals surface area contributed by atoms with Crippen molar-refractivity contribution in [3.63, 3.8) is 0 Å². The third kappa shape index (κ3) is 3.03. The van der Waals surface area contributed by atoms with E-state index in [9.17, 15) is 14.0 Å². The number of rotatable bonds is 2. The van der Waals surface area contributed by atoms with Crippen LogP contribution in [0.4, 0.5) is 10.1 Å². The summed E-state index contributed by atoms with van der Waals surface area (Å²) in [5.41, 5.74) is 2.59.